The van der Waals surface area contributed by atoms with Gasteiger partial charge >= 0.3 is 0 Å². The number of nitrogens with one attached hydrogen (secondary N) is 2. The van der Waals surface area contributed by atoms with Gasteiger partial charge in [0.1, 0.15) is 5.75 Å². The minimum absolute atomic E-state index is 0. The lowest BCUT2D eigenvalue weighted by Gasteiger charge is -2.41. The van der Waals surface area contributed by atoms with Crippen LogP contribution in [0.25, 0.3) is 10.8 Å². The minimum Gasteiger partial charge on any atom is -0.494 e. The van der Waals surface area contributed by atoms with E-state index in [1.807, 2.05) is 6.07 Å². The van der Waals surface area contributed by atoms with Crippen LogP contribution in [0.2, 0.25) is 0 Å². The molecule has 7 heteroatoms. The Morgan fingerprint density at radius 3 is 2.55 bits per heavy atom. The molecule has 1 aliphatic rings. The zero-order valence-electron chi connectivity index (χ0n) is 19.0. The third-order valence-corrected chi connectivity index (χ3v) is 5.85. The Bertz CT molecular complexity index is 822. The number of halogens is 1. The molecule has 0 radical (unpaired) electrons. The van der Waals surface area contributed by atoms with E-state index < -0.39 is 0 Å². The summed E-state index contributed by atoms with van der Waals surface area (Å²) in [6.07, 6.45) is 2.94. The number of guanidine groups is 1. The van der Waals surface area contributed by atoms with Crippen molar-refractivity contribution >= 4 is 40.7 Å². The van der Waals surface area contributed by atoms with Crippen LogP contribution in [-0.2, 0) is 4.74 Å². The summed E-state index contributed by atoms with van der Waals surface area (Å²) in [5, 5.41) is 9.24. The number of aliphatic imine (C=N–C) groups is 1. The standard InChI is InChI=1S/C24H36N4O2.HI/c1-4-25-23(27-19-24(28(2)3)12-16-29-17-13-24)26-14-7-15-30-22-11-10-20-8-5-6-9-21(20)18-22;/h5-6,8-11,18H,4,7,12-17,19H2,1-3H3,(H2,25,26,27);1H. The zero-order valence-corrected chi connectivity index (χ0v) is 21.4. The van der Waals surface area contributed by atoms with E-state index in [0.717, 1.165) is 63.8 Å². The molecule has 0 spiro atoms. The fraction of sp³-hybridized carbons (Fsp3) is 0.542. The van der Waals surface area contributed by atoms with E-state index in [0.29, 0.717) is 6.61 Å². The highest BCUT2D eigenvalue weighted by atomic mass is 127. The van der Waals surface area contributed by atoms with E-state index in [1.54, 1.807) is 0 Å². The second kappa shape index (κ2) is 13.1. The lowest BCUT2D eigenvalue weighted by molar-refractivity contribution is -0.00254. The van der Waals surface area contributed by atoms with E-state index >= 15 is 0 Å². The van der Waals surface area contributed by atoms with Gasteiger partial charge in [-0.1, -0.05) is 30.3 Å². The Kier molecular flexibility index (Phi) is 10.8. The number of hydrogen-bond acceptors (Lipinski definition) is 4. The second-order valence-corrected chi connectivity index (χ2v) is 8.06. The summed E-state index contributed by atoms with van der Waals surface area (Å²) in [6.45, 7) is 6.81. The van der Waals surface area contributed by atoms with Crippen LogP contribution in [0.4, 0.5) is 0 Å². The average molecular weight is 540 g/mol. The lowest BCUT2D eigenvalue weighted by Crippen LogP contribution is -2.51. The molecule has 0 atom stereocenters. The Labute approximate surface area is 203 Å². The molecule has 1 fully saturated rings. The molecule has 1 saturated heterocycles. The van der Waals surface area contributed by atoms with E-state index in [2.05, 4.69) is 73.0 Å². The first-order chi connectivity index (χ1) is 14.6. The molecule has 2 aromatic rings. The summed E-state index contributed by atoms with van der Waals surface area (Å²) in [6, 6.07) is 14.6. The molecule has 172 valence electrons. The molecule has 1 aliphatic heterocycles. The molecule has 1 heterocycles. The number of rotatable bonds is 9. The highest BCUT2D eigenvalue weighted by Gasteiger charge is 2.34. The van der Waals surface area contributed by atoms with Crippen molar-refractivity contribution in [1.82, 2.24) is 15.5 Å². The van der Waals surface area contributed by atoms with Gasteiger partial charge in [0.2, 0.25) is 0 Å². The van der Waals surface area contributed by atoms with E-state index in [-0.39, 0.29) is 29.5 Å². The maximum absolute atomic E-state index is 5.94. The molecule has 0 aliphatic carbocycles. The van der Waals surface area contributed by atoms with Crippen molar-refractivity contribution < 1.29 is 9.47 Å². The summed E-state index contributed by atoms with van der Waals surface area (Å²) in [5.41, 5.74) is 0.0831. The van der Waals surface area contributed by atoms with E-state index in [9.17, 15) is 0 Å². The molecule has 0 aromatic heterocycles. The molecule has 0 bridgehead atoms. The molecule has 3 rings (SSSR count). The number of hydrogen-bond donors (Lipinski definition) is 2. The van der Waals surface area contributed by atoms with Gasteiger partial charge in [0.15, 0.2) is 5.96 Å². The molecule has 0 unspecified atom stereocenters. The monoisotopic (exact) mass is 540 g/mol. The lowest BCUT2D eigenvalue weighted by atomic mass is 9.89. The first-order valence-electron chi connectivity index (χ1n) is 11.0. The predicted molar refractivity (Wildman–Crippen MR) is 140 cm³/mol. The average Bonchev–Trinajstić information content (AvgIpc) is 2.77. The van der Waals surface area contributed by atoms with Gasteiger partial charge in [0.05, 0.1) is 13.2 Å². The fourth-order valence-electron chi connectivity index (χ4n) is 3.79. The molecule has 2 N–H and O–H groups in total. The quantitative estimate of drug-likeness (QED) is 0.219. The van der Waals surface area contributed by atoms with Crippen molar-refractivity contribution in [3.63, 3.8) is 0 Å². The first kappa shape index (κ1) is 25.7. The number of benzene rings is 2. The number of fused-ring (bicyclic) bond motifs is 1. The normalized spacial score (nSPS) is 16.1. The van der Waals surface area contributed by atoms with Gasteiger partial charge in [-0.25, -0.2) is 0 Å². The van der Waals surface area contributed by atoms with Crippen LogP contribution in [-0.4, -0.2) is 69.9 Å². The highest BCUT2D eigenvalue weighted by molar-refractivity contribution is 14.0. The number of likely N-dealkylation sites (N-methyl/N-ethyl adjacent to an activating group) is 1. The summed E-state index contributed by atoms with van der Waals surface area (Å²) >= 11 is 0. The van der Waals surface area contributed by atoms with E-state index in [1.165, 1.54) is 10.8 Å². The molecule has 31 heavy (non-hydrogen) atoms. The van der Waals surface area contributed by atoms with Crippen molar-refractivity contribution in [2.24, 2.45) is 4.99 Å². The van der Waals surface area contributed by atoms with Gasteiger partial charge in [-0.3, -0.25) is 4.99 Å². The van der Waals surface area contributed by atoms with Crippen LogP contribution in [0.5, 0.6) is 5.75 Å². The van der Waals surface area contributed by atoms with Gasteiger partial charge in [-0.05, 0) is 63.2 Å². The van der Waals surface area contributed by atoms with Crippen LogP contribution in [0.1, 0.15) is 26.2 Å². The molecule has 6 nitrogen and oxygen atoms in total. The van der Waals surface area contributed by atoms with Crippen LogP contribution in [0.15, 0.2) is 47.5 Å². The predicted octanol–water partition coefficient (Wildman–Crippen LogP) is 3.89. The molecule has 0 amide bonds. The van der Waals surface area contributed by atoms with Gasteiger partial charge < -0.3 is 25.0 Å². The SMILES string of the molecule is CCNC(=NCC1(N(C)C)CCOCC1)NCCCOc1ccc2ccccc2c1.I. The Balaban J connectivity index is 0.00000341. The Hall–Kier alpha value is -1.58. The van der Waals surface area contributed by atoms with Crippen molar-refractivity contribution in [1.29, 1.82) is 0 Å². The van der Waals surface area contributed by atoms with Gasteiger partial charge in [-0.15, -0.1) is 24.0 Å². The summed E-state index contributed by atoms with van der Waals surface area (Å²) in [5.74, 6) is 1.79. The van der Waals surface area contributed by atoms with Crippen molar-refractivity contribution in [3.05, 3.63) is 42.5 Å². The fourth-order valence-corrected chi connectivity index (χ4v) is 3.79. The van der Waals surface area contributed by atoms with E-state index in [4.69, 9.17) is 14.5 Å². The highest BCUT2D eigenvalue weighted by Crippen LogP contribution is 2.26. The number of nitrogens with zero attached hydrogens (tertiary/aromatic N) is 2. The van der Waals surface area contributed by atoms with Crippen molar-refractivity contribution in [2.75, 3.05) is 53.6 Å². The maximum Gasteiger partial charge on any atom is 0.191 e. The Morgan fingerprint density at radius 1 is 1.10 bits per heavy atom. The number of ether oxygens (including phenoxy) is 2. The second-order valence-electron chi connectivity index (χ2n) is 8.06. The van der Waals surface area contributed by atoms with Crippen LogP contribution < -0.4 is 15.4 Å². The summed E-state index contributed by atoms with van der Waals surface area (Å²) in [7, 11) is 4.29. The smallest absolute Gasteiger partial charge is 0.191 e. The van der Waals surface area contributed by atoms with Crippen LogP contribution in [0, 0.1) is 0 Å². The molecule has 0 saturated carbocycles. The Morgan fingerprint density at radius 2 is 1.84 bits per heavy atom. The van der Waals surface area contributed by atoms with Crippen molar-refractivity contribution in [2.45, 2.75) is 31.7 Å². The third kappa shape index (κ3) is 7.50. The maximum atomic E-state index is 5.94. The topological polar surface area (TPSA) is 58.1 Å². The zero-order chi connectivity index (χ0) is 21.2. The molecular weight excluding hydrogens is 503 g/mol. The van der Waals surface area contributed by atoms with Crippen molar-refractivity contribution in [3.8, 4) is 5.75 Å². The van der Waals surface area contributed by atoms with Crippen LogP contribution in [0.3, 0.4) is 0 Å². The van der Waals surface area contributed by atoms with Gasteiger partial charge in [-0.2, -0.15) is 0 Å². The summed E-state index contributed by atoms with van der Waals surface area (Å²) < 4.78 is 11.5. The van der Waals surface area contributed by atoms with Gasteiger partial charge in [0, 0.05) is 31.8 Å². The minimum atomic E-state index is 0. The molecule has 2 aromatic carbocycles. The van der Waals surface area contributed by atoms with Gasteiger partial charge in [0.25, 0.3) is 0 Å². The summed E-state index contributed by atoms with van der Waals surface area (Å²) in [4.78, 5) is 7.18. The first-order valence-corrected chi connectivity index (χ1v) is 11.0. The third-order valence-electron chi connectivity index (χ3n) is 5.85. The largest absolute Gasteiger partial charge is 0.494 e. The van der Waals surface area contributed by atoms with Crippen LogP contribution >= 0.6 is 24.0 Å². The molecular formula is C24H37IN4O2.